The maximum atomic E-state index is 12.0. The van der Waals surface area contributed by atoms with E-state index in [0.29, 0.717) is 6.42 Å². The van der Waals surface area contributed by atoms with Gasteiger partial charge in [0, 0.05) is 6.42 Å². The summed E-state index contributed by atoms with van der Waals surface area (Å²) in [6.07, 6.45) is 26.4. The zero-order valence-corrected chi connectivity index (χ0v) is 22.3. The van der Waals surface area contributed by atoms with Gasteiger partial charge in [-0.25, -0.2) is 0 Å². The van der Waals surface area contributed by atoms with Crippen LogP contribution < -0.4 is 0 Å². The highest BCUT2D eigenvalue weighted by atomic mass is 32.2. The van der Waals surface area contributed by atoms with Crippen molar-refractivity contribution in [3.05, 3.63) is 0 Å². The zero-order valence-electron chi connectivity index (χ0n) is 21.5. The van der Waals surface area contributed by atoms with Crippen LogP contribution in [0.3, 0.4) is 0 Å². The van der Waals surface area contributed by atoms with Crippen LogP contribution in [0.2, 0.25) is 0 Å². The number of carbonyl (C=O) groups is 1. The van der Waals surface area contributed by atoms with Crippen LogP contribution in [0, 0.1) is 0 Å². The first-order valence-corrected chi connectivity index (χ1v) is 15.5. The van der Waals surface area contributed by atoms with Crippen LogP contribution in [0.4, 0.5) is 0 Å². The Balaban J connectivity index is 3.49. The van der Waals surface area contributed by atoms with Crippen molar-refractivity contribution < 1.29 is 17.4 Å². The average molecular weight is 475 g/mol. The second-order valence-electron chi connectivity index (χ2n) is 9.54. The summed E-state index contributed by atoms with van der Waals surface area (Å²) in [6.45, 7) is 4.48. The Hall–Kier alpha value is -0.580. The first-order valence-electron chi connectivity index (χ1n) is 14.0. The lowest BCUT2D eigenvalue weighted by atomic mass is 10.1. The van der Waals surface area contributed by atoms with E-state index in [4.69, 9.17) is 4.18 Å². The topological polar surface area (TPSA) is 60.4 Å². The lowest BCUT2D eigenvalue weighted by molar-refractivity contribution is -0.133. The molecule has 0 aliphatic heterocycles. The van der Waals surface area contributed by atoms with Gasteiger partial charge in [0.1, 0.15) is 0 Å². The molecule has 0 aromatic carbocycles. The Morgan fingerprint density at radius 2 is 0.812 bits per heavy atom. The van der Waals surface area contributed by atoms with Gasteiger partial charge in [0.05, 0.1) is 5.75 Å². The molecule has 0 amide bonds. The minimum absolute atomic E-state index is 0.0337. The Bertz CT molecular complexity index is 502. The second kappa shape index (κ2) is 23.6. The molecule has 0 saturated carbocycles. The van der Waals surface area contributed by atoms with Gasteiger partial charge in [0.2, 0.25) is 0 Å². The fraction of sp³-hybridized carbons (Fsp3) is 0.963. The summed E-state index contributed by atoms with van der Waals surface area (Å²) in [5.74, 6) is -0.613. The molecule has 0 aliphatic carbocycles. The monoisotopic (exact) mass is 474 g/mol. The van der Waals surface area contributed by atoms with Crippen LogP contribution in [-0.4, -0.2) is 20.1 Å². The SMILES string of the molecule is CCCCCCCCCCCCCC(=O)OS(=O)(=O)CCCCCCCCCCCCC. The van der Waals surface area contributed by atoms with Gasteiger partial charge in [0.25, 0.3) is 0 Å². The van der Waals surface area contributed by atoms with E-state index < -0.39 is 16.1 Å². The van der Waals surface area contributed by atoms with Gasteiger partial charge < -0.3 is 4.18 Å². The largest absolute Gasteiger partial charge is 0.346 e. The van der Waals surface area contributed by atoms with E-state index in [0.717, 1.165) is 32.1 Å². The first-order chi connectivity index (χ1) is 15.5. The van der Waals surface area contributed by atoms with Crippen molar-refractivity contribution in [3.63, 3.8) is 0 Å². The van der Waals surface area contributed by atoms with Crippen LogP contribution in [0.15, 0.2) is 0 Å². The molecule has 0 fully saturated rings. The van der Waals surface area contributed by atoms with E-state index in [2.05, 4.69) is 13.8 Å². The highest BCUT2D eigenvalue weighted by Gasteiger charge is 2.16. The minimum atomic E-state index is -3.71. The quantitative estimate of drug-likeness (QED) is 0.0978. The van der Waals surface area contributed by atoms with Gasteiger partial charge in [-0.1, -0.05) is 142 Å². The van der Waals surface area contributed by atoms with E-state index in [1.165, 1.54) is 103 Å². The summed E-state index contributed by atoms with van der Waals surface area (Å²) in [5.41, 5.74) is 0. The molecule has 0 aromatic heterocycles. The Kier molecular flexibility index (Phi) is 23.1. The van der Waals surface area contributed by atoms with E-state index in [1.807, 2.05) is 0 Å². The normalized spacial score (nSPS) is 11.7. The van der Waals surface area contributed by atoms with Crippen LogP contribution in [0.5, 0.6) is 0 Å². The Morgan fingerprint density at radius 1 is 0.500 bits per heavy atom. The maximum Gasteiger partial charge on any atom is 0.322 e. The zero-order chi connectivity index (χ0) is 23.8. The minimum Gasteiger partial charge on any atom is -0.346 e. The molecule has 0 saturated heterocycles. The van der Waals surface area contributed by atoms with Gasteiger partial charge in [-0.3, -0.25) is 4.79 Å². The molecule has 0 aromatic rings. The molecule has 0 atom stereocenters. The predicted molar refractivity (Wildman–Crippen MR) is 137 cm³/mol. The molecule has 32 heavy (non-hydrogen) atoms. The van der Waals surface area contributed by atoms with Crippen LogP contribution in [0.25, 0.3) is 0 Å². The van der Waals surface area contributed by atoms with Crippen LogP contribution in [0.1, 0.15) is 162 Å². The fourth-order valence-electron chi connectivity index (χ4n) is 4.10. The second-order valence-corrected chi connectivity index (χ2v) is 11.2. The van der Waals surface area contributed by atoms with Gasteiger partial charge in [-0.2, -0.15) is 8.42 Å². The molecule has 5 heteroatoms. The van der Waals surface area contributed by atoms with Gasteiger partial charge in [0.15, 0.2) is 0 Å². The van der Waals surface area contributed by atoms with E-state index >= 15 is 0 Å². The van der Waals surface area contributed by atoms with Gasteiger partial charge in [-0.05, 0) is 12.8 Å². The molecule has 0 radical (unpaired) electrons. The third kappa shape index (κ3) is 24.1. The van der Waals surface area contributed by atoms with Gasteiger partial charge >= 0.3 is 16.1 Å². The van der Waals surface area contributed by atoms with Crippen molar-refractivity contribution in [1.82, 2.24) is 0 Å². The van der Waals surface area contributed by atoms with E-state index in [9.17, 15) is 13.2 Å². The summed E-state index contributed by atoms with van der Waals surface area (Å²) in [4.78, 5) is 11.8. The fourth-order valence-corrected chi connectivity index (χ4v) is 5.11. The molecule has 0 N–H and O–H groups in total. The van der Waals surface area contributed by atoms with Crippen molar-refractivity contribution in [3.8, 4) is 0 Å². The Labute approximate surface area is 200 Å². The highest BCUT2D eigenvalue weighted by molar-refractivity contribution is 7.87. The molecular weight excluding hydrogens is 420 g/mol. The van der Waals surface area contributed by atoms with Crippen molar-refractivity contribution >= 4 is 16.1 Å². The van der Waals surface area contributed by atoms with Gasteiger partial charge in [-0.15, -0.1) is 0 Å². The number of hydrogen-bond acceptors (Lipinski definition) is 4. The average Bonchev–Trinajstić information content (AvgIpc) is 2.75. The predicted octanol–water partition coefficient (Wildman–Crippen LogP) is 8.87. The molecule has 0 spiro atoms. The molecule has 0 heterocycles. The number of unbranched alkanes of at least 4 members (excludes halogenated alkanes) is 20. The molecule has 0 aliphatic rings. The molecule has 192 valence electrons. The van der Waals surface area contributed by atoms with Crippen LogP contribution in [-0.2, 0) is 19.1 Å². The lowest BCUT2D eigenvalue weighted by Gasteiger charge is -2.06. The van der Waals surface area contributed by atoms with Crippen molar-refractivity contribution in [2.24, 2.45) is 0 Å². The number of rotatable bonds is 25. The molecule has 0 bridgehead atoms. The summed E-state index contributed by atoms with van der Waals surface area (Å²) in [7, 11) is -3.71. The first kappa shape index (κ1) is 31.4. The summed E-state index contributed by atoms with van der Waals surface area (Å²) in [5, 5.41) is 0. The summed E-state index contributed by atoms with van der Waals surface area (Å²) in [6, 6.07) is 0. The molecule has 0 unspecified atom stereocenters. The lowest BCUT2D eigenvalue weighted by Crippen LogP contribution is -2.16. The van der Waals surface area contributed by atoms with Crippen molar-refractivity contribution in [2.75, 3.05) is 5.75 Å². The molecular formula is C27H54O4S. The van der Waals surface area contributed by atoms with Crippen LogP contribution >= 0.6 is 0 Å². The summed E-state index contributed by atoms with van der Waals surface area (Å²) < 4.78 is 28.7. The summed E-state index contributed by atoms with van der Waals surface area (Å²) >= 11 is 0. The number of hydrogen-bond donors (Lipinski definition) is 0. The highest BCUT2D eigenvalue weighted by Crippen LogP contribution is 2.14. The molecule has 4 nitrogen and oxygen atoms in total. The Morgan fingerprint density at radius 3 is 1.19 bits per heavy atom. The van der Waals surface area contributed by atoms with E-state index in [-0.39, 0.29) is 12.2 Å². The van der Waals surface area contributed by atoms with Crippen molar-refractivity contribution in [2.45, 2.75) is 162 Å². The molecule has 0 rings (SSSR count). The number of carbonyl (C=O) groups excluding carboxylic acids is 1. The van der Waals surface area contributed by atoms with E-state index in [1.54, 1.807) is 0 Å². The third-order valence-corrected chi connectivity index (χ3v) is 7.43. The standard InChI is InChI=1S/C27H54O4S/c1-3-5-7-9-11-13-15-17-19-21-23-25-27(28)31-32(29,30)26-24-22-20-18-16-14-12-10-8-6-4-2/h3-26H2,1-2H3. The smallest absolute Gasteiger partial charge is 0.322 e. The maximum absolute atomic E-state index is 12.0. The van der Waals surface area contributed by atoms with Crippen molar-refractivity contribution in [1.29, 1.82) is 0 Å². The third-order valence-electron chi connectivity index (χ3n) is 6.20.